The zero-order valence-corrected chi connectivity index (χ0v) is 32.7. The Labute approximate surface area is 307 Å². The summed E-state index contributed by atoms with van der Waals surface area (Å²) in [6.45, 7) is 0. The quantitative estimate of drug-likeness (QED) is 0.252. The zero-order chi connectivity index (χ0) is 33.7. The highest BCUT2D eigenvalue weighted by atomic mass is 31.1. The van der Waals surface area contributed by atoms with Crippen molar-refractivity contribution in [1.29, 1.82) is 0 Å². The lowest BCUT2D eigenvalue weighted by molar-refractivity contribution is 0.428. The molecule has 8 rings (SSSR count). The minimum Gasteiger partial charge on any atom is -0.0612 e. The van der Waals surface area contributed by atoms with E-state index < -0.39 is 7.80 Å². The Hall–Kier alpha value is -1.46. The Morgan fingerprint density at radius 2 is 0.500 bits per heavy atom. The van der Waals surface area contributed by atoms with E-state index in [9.17, 15) is 0 Å². The molecular weight excluding hydrogens is 624 g/mol. The third-order valence-electron chi connectivity index (χ3n) is 15.1. The summed E-state index contributed by atoms with van der Waals surface area (Å²) in [5, 5.41) is 2.77. The zero-order valence-electron chi connectivity index (χ0n) is 31.8. The highest BCUT2D eigenvalue weighted by Crippen LogP contribution is 2.48. The van der Waals surface area contributed by atoms with Gasteiger partial charge in [0.1, 0.15) is 0 Å². The molecule has 2 aromatic rings. The Balaban J connectivity index is 1.33. The monoisotopic (exact) mass is 694 g/mol. The van der Waals surface area contributed by atoms with Crippen molar-refractivity contribution in [2.45, 2.75) is 228 Å². The SMILES string of the molecule is O=[P+](c1c(C2CCCCC2)cc(C2CCCCC2)cc1C1CCCCC1)c1c(C2CCCCC2)cc(C2CCCCC2)cc1C1CCCCC1. The van der Waals surface area contributed by atoms with Crippen LogP contribution in [0.1, 0.15) is 262 Å². The van der Waals surface area contributed by atoms with Gasteiger partial charge in [0.25, 0.3) is 0 Å². The Morgan fingerprint density at radius 1 is 0.300 bits per heavy atom. The van der Waals surface area contributed by atoms with Crippen LogP contribution in [0.25, 0.3) is 0 Å². The fraction of sp³-hybridized carbons (Fsp3) is 0.750. The lowest BCUT2D eigenvalue weighted by Gasteiger charge is -2.31. The third-order valence-corrected chi connectivity index (χ3v) is 17.0. The molecule has 6 aliphatic rings. The van der Waals surface area contributed by atoms with E-state index in [0.717, 1.165) is 0 Å². The normalized spacial score (nSPS) is 24.8. The van der Waals surface area contributed by atoms with Crippen molar-refractivity contribution in [3.8, 4) is 0 Å². The van der Waals surface area contributed by atoms with Crippen LogP contribution in [-0.2, 0) is 4.57 Å². The van der Waals surface area contributed by atoms with E-state index >= 15 is 4.57 Å². The fourth-order valence-corrected chi connectivity index (χ4v) is 14.4. The van der Waals surface area contributed by atoms with Crippen LogP contribution >= 0.6 is 7.80 Å². The topological polar surface area (TPSA) is 17.1 Å². The lowest BCUT2D eigenvalue weighted by atomic mass is 9.76. The fourth-order valence-electron chi connectivity index (χ4n) is 12.2. The maximum Gasteiger partial charge on any atom is 0.416 e. The first-order chi connectivity index (χ1) is 24.7. The Morgan fingerprint density at radius 3 is 0.720 bits per heavy atom. The van der Waals surface area contributed by atoms with Crippen molar-refractivity contribution in [3.63, 3.8) is 0 Å². The van der Waals surface area contributed by atoms with Gasteiger partial charge in [0, 0.05) is 22.3 Å². The van der Waals surface area contributed by atoms with Gasteiger partial charge in [0.05, 0.1) is 0 Å². The van der Waals surface area contributed by atoms with Crippen LogP contribution < -0.4 is 10.6 Å². The summed E-state index contributed by atoms with van der Waals surface area (Å²) in [7, 11) is -1.66. The molecule has 0 spiro atoms. The molecule has 0 aliphatic heterocycles. The van der Waals surface area contributed by atoms with Gasteiger partial charge in [-0.15, -0.1) is 0 Å². The smallest absolute Gasteiger partial charge is 0.0612 e. The first-order valence-corrected chi connectivity index (χ1v) is 23.8. The molecule has 6 saturated carbocycles. The molecule has 0 heterocycles. The predicted octanol–water partition coefficient (Wildman–Crippen LogP) is 14.8. The number of hydrogen-bond acceptors (Lipinski definition) is 1. The molecule has 0 unspecified atom stereocenters. The van der Waals surface area contributed by atoms with Gasteiger partial charge in [0.15, 0.2) is 0 Å². The molecular formula is C48H70OP+. The summed E-state index contributed by atoms with van der Waals surface area (Å²) in [6, 6.07) is 10.8. The third kappa shape index (κ3) is 7.90. The highest BCUT2D eigenvalue weighted by Gasteiger charge is 2.43. The Bertz CT molecular complexity index is 1230. The summed E-state index contributed by atoms with van der Waals surface area (Å²) in [5.41, 5.74) is 9.60. The molecule has 0 aromatic heterocycles. The predicted molar refractivity (Wildman–Crippen MR) is 215 cm³/mol. The van der Waals surface area contributed by atoms with Gasteiger partial charge in [-0.3, -0.25) is 0 Å². The van der Waals surface area contributed by atoms with Crippen molar-refractivity contribution >= 4 is 18.4 Å². The molecule has 2 aromatic carbocycles. The van der Waals surface area contributed by atoms with Gasteiger partial charge in [-0.1, -0.05) is 144 Å². The van der Waals surface area contributed by atoms with Gasteiger partial charge in [-0.05, 0) is 124 Å². The summed E-state index contributed by atoms with van der Waals surface area (Å²) >= 11 is 0. The second-order valence-electron chi connectivity index (χ2n) is 18.4. The van der Waals surface area contributed by atoms with E-state index in [-0.39, 0.29) is 0 Å². The van der Waals surface area contributed by atoms with Crippen LogP contribution in [0.5, 0.6) is 0 Å². The number of rotatable bonds is 8. The molecule has 0 amide bonds. The molecule has 50 heavy (non-hydrogen) atoms. The van der Waals surface area contributed by atoms with Crippen LogP contribution in [-0.4, -0.2) is 0 Å². The second kappa shape index (κ2) is 17.1. The van der Waals surface area contributed by atoms with Crippen LogP contribution in [0.4, 0.5) is 0 Å². The van der Waals surface area contributed by atoms with Gasteiger partial charge in [0.2, 0.25) is 10.6 Å². The minimum atomic E-state index is -1.66. The van der Waals surface area contributed by atoms with E-state index in [1.807, 2.05) is 0 Å². The van der Waals surface area contributed by atoms with Crippen LogP contribution in [0.15, 0.2) is 24.3 Å². The molecule has 272 valence electrons. The van der Waals surface area contributed by atoms with Crippen molar-refractivity contribution in [1.82, 2.24) is 0 Å². The summed E-state index contributed by atoms with van der Waals surface area (Å²) in [5.74, 6) is 3.82. The van der Waals surface area contributed by atoms with Gasteiger partial charge < -0.3 is 0 Å². The van der Waals surface area contributed by atoms with Gasteiger partial charge in [-0.25, -0.2) is 0 Å². The average Bonchev–Trinajstić information content (AvgIpc) is 3.21. The van der Waals surface area contributed by atoms with Crippen molar-refractivity contribution < 1.29 is 4.57 Å². The Kier molecular flexibility index (Phi) is 12.2. The second-order valence-corrected chi connectivity index (χ2v) is 19.9. The van der Waals surface area contributed by atoms with Gasteiger partial charge >= 0.3 is 7.80 Å². The first kappa shape index (κ1) is 35.6. The maximum atomic E-state index is 16.4. The van der Waals surface area contributed by atoms with Crippen LogP contribution in [0, 0.1) is 0 Å². The summed E-state index contributed by atoms with van der Waals surface area (Å²) in [6.07, 6.45) is 40.6. The molecule has 0 N–H and O–H groups in total. The largest absolute Gasteiger partial charge is 0.416 e. The van der Waals surface area contributed by atoms with Crippen LogP contribution in [0.2, 0.25) is 0 Å². The number of hydrogen-bond donors (Lipinski definition) is 0. The maximum absolute atomic E-state index is 16.4. The standard InChI is InChI=1S/C48H70OP/c49-50(47-43(37-23-11-3-12-24-37)31-41(35-19-7-1-8-20-35)32-44(47)38-25-13-4-14-26-38)48-45(39-27-15-5-16-28-39)33-42(36-21-9-2-10-22-36)34-46(48)40-29-17-6-18-30-40/h31-40H,1-30H2/q+1. The van der Waals surface area contributed by atoms with E-state index in [1.54, 1.807) is 33.4 Å². The molecule has 0 radical (unpaired) electrons. The minimum absolute atomic E-state index is 0.598. The average molecular weight is 694 g/mol. The molecule has 1 nitrogen and oxygen atoms in total. The first-order valence-electron chi connectivity index (χ1n) is 22.6. The molecule has 6 fully saturated rings. The van der Waals surface area contributed by atoms with E-state index in [2.05, 4.69) is 24.3 Å². The molecule has 0 atom stereocenters. The van der Waals surface area contributed by atoms with E-state index in [0.29, 0.717) is 35.5 Å². The molecule has 6 aliphatic carbocycles. The van der Waals surface area contributed by atoms with Crippen molar-refractivity contribution in [2.75, 3.05) is 0 Å². The molecule has 0 bridgehead atoms. The summed E-state index contributed by atoms with van der Waals surface area (Å²) in [4.78, 5) is 0. The van der Waals surface area contributed by atoms with Gasteiger partial charge in [-0.2, -0.15) is 0 Å². The molecule has 2 heteroatoms. The lowest BCUT2D eigenvalue weighted by Crippen LogP contribution is -2.29. The molecule has 0 saturated heterocycles. The number of benzene rings is 2. The van der Waals surface area contributed by atoms with Crippen molar-refractivity contribution in [2.24, 2.45) is 0 Å². The van der Waals surface area contributed by atoms with E-state index in [1.165, 1.54) is 203 Å². The van der Waals surface area contributed by atoms with Crippen LogP contribution in [0.3, 0.4) is 0 Å². The summed E-state index contributed by atoms with van der Waals surface area (Å²) < 4.78 is 16.4. The van der Waals surface area contributed by atoms with Crippen molar-refractivity contribution in [3.05, 3.63) is 57.6 Å². The highest BCUT2D eigenvalue weighted by molar-refractivity contribution is 7.62. The van der Waals surface area contributed by atoms with E-state index in [4.69, 9.17) is 0 Å².